The molecule has 1 aromatic carbocycles. The third-order valence-corrected chi connectivity index (χ3v) is 2.44. The van der Waals surface area contributed by atoms with Crippen molar-refractivity contribution in [1.29, 1.82) is 0 Å². The molecule has 1 aliphatic rings. The molecular weight excluding hydrogens is 178 g/mol. The van der Waals surface area contributed by atoms with Crippen LogP contribution < -0.4 is 10.1 Å². The molecule has 2 rings (SSSR count). The van der Waals surface area contributed by atoms with Crippen molar-refractivity contribution in [3.8, 4) is 5.75 Å². The van der Waals surface area contributed by atoms with Crippen LogP contribution in [-0.2, 0) is 0 Å². The zero-order chi connectivity index (χ0) is 9.97. The van der Waals surface area contributed by atoms with E-state index in [1.807, 2.05) is 31.2 Å². The van der Waals surface area contributed by atoms with Crippen LogP contribution in [0.25, 0.3) is 0 Å². The first-order valence-corrected chi connectivity index (χ1v) is 4.88. The number of benzene rings is 1. The van der Waals surface area contributed by atoms with Gasteiger partial charge in [0.2, 0.25) is 0 Å². The van der Waals surface area contributed by atoms with Gasteiger partial charge in [0.25, 0.3) is 0 Å². The number of nitrogens with one attached hydrogen (secondary N) is 1. The fourth-order valence-electron chi connectivity index (χ4n) is 1.55. The second kappa shape index (κ2) is 3.98. The molecule has 0 saturated carbocycles. The van der Waals surface area contributed by atoms with Crippen molar-refractivity contribution in [2.75, 3.05) is 13.1 Å². The summed E-state index contributed by atoms with van der Waals surface area (Å²) in [5.74, 6) is 0.823. The maximum Gasteiger partial charge on any atom is 0.138 e. The quantitative estimate of drug-likeness (QED) is 0.726. The first-order valence-electron chi connectivity index (χ1n) is 4.88. The molecule has 3 nitrogen and oxygen atoms in total. The Balaban J connectivity index is 2.00. The normalized spacial score (nSPS) is 26.4. The summed E-state index contributed by atoms with van der Waals surface area (Å²) in [4.78, 5) is 0. The van der Waals surface area contributed by atoms with Crippen LogP contribution in [0.5, 0.6) is 5.75 Å². The van der Waals surface area contributed by atoms with E-state index in [9.17, 15) is 5.11 Å². The number of rotatable bonds is 2. The molecule has 0 spiro atoms. The van der Waals surface area contributed by atoms with Gasteiger partial charge in [-0.2, -0.15) is 0 Å². The fraction of sp³-hybridized carbons (Fsp3) is 0.455. The van der Waals surface area contributed by atoms with E-state index in [1.54, 1.807) is 0 Å². The van der Waals surface area contributed by atoms with E-state index in [0.717, 1.165) is 12.3 Å². The Morgan fingerprint density at radius 1 is 1.29 bits per heavy atom. The van der Waals surface area contributed by atoms with Crippen molar-refractivity contribution >= 4 is 0 Å². The van der Waals surface area contributed by atoms with Crippen LogP contribution in [-0.4, -0.2) is 30.4 Å². The maximum absolute atomic E-state index is 9.52. The highest BCUT2D eigenvalue weighted by Crippen LogP contribution is 2.15. The summed E-state index contributed by atoms with van der Waals surface area (Å²) in [6.07, 6.45) is -0.506. The van der Waals surface area contributed by atoms with Gasteiger partial charge in [-0.05, 0) is 19.1 Å². The van der Waals surface area contributed by atoms with Crippen LogP contribution >= 0.6 is 0 Å². The molecule has 0 bridgehead atoms. The van der Waals surface area contributed by atoms with Crippen LogP contribution in [0.4, 0.5) is 0 Å². The Bertz CT molecular complexity index is 297. The van der Waals surface area contributed by atoms with E-state index < -0.39 is 6.10 Å². The highest BCUT2D eigenvalue weighted by molar-refractivity contribution is 5.26. The lowest BCUT2D eigenvalue weighted by atomic mass is 10.2. The van der Waals surface area contributed by atoms with Gasteiger partial charge < -0.3 is 15.2 Å². The molecule has 0 aliphatic carbocycles. The van der Waals surface area contributed by atoms with E-state index >= 15 is 0 Å². The summed E-state index contributed by atoms with van der Waals surface area (Å²) >= 11 is 0. The van der Waals surface area contributed by atoms with Gasteiger partial charge in [-0.25, -0.2) is 0 Å². The smallest absolute Gasteiger partial charge is 0.138 e. The lowest BCUT2D eigenvalue weighted by molar-refractivity contribution is 0.0737. The molecule has 2 unspecified atom stereocenters. The molecule has 1 fully saturated rings. The number of hydrogen-bond acceptors (Lipinski definition) is 3. The van der Waals surface area contributed by atoms with Crippen molar-refractivity contribution < 1.29 is 9.84 Å². The van der Waals surface area contributed by atoms with E-state index in [2.05, 4.69) is 5.32 Å². The van der Waals surface area contributed by atoms with Crippen LogP contribution in [0.2, 0.25) is 0 Å². The topological polar surface area (TPSA) is 41.5 Å². The Labute approximate surface area is 83.7 Å². The standard InChI is InChI=1S/C11H15NO2/c1-8-2-4-9(5-3-8)14-11-7-12-6-10(11)13/h2-5,10-13H,6-7H2,1H3. The third-order valence-electron chi connectivity index (χ3n) is 2.44. The van der Waals surface area contributed by atoms with Crippen LogP contribution in [0.1, 0.15) is 5.56 Å². The molecule has 0 radical (unpaired) electrons. The van der Waals surface area contributed by atoms with E-state index in [4.69, 9.17) is 4.74 Å². The summed E-state index contributed by atoms with van der Waals surface area (Å²) in [7, 11) is 0. The zero-order valence-corrected chi connectivity index (χ0v) is 8.23. The first kappa shape index (κ1) is 9.49. The molecule has 3 heteroatoms. The lowest BCUT2D eigenvalue weighted by Gasteiger charge is -2.16. The molecule has 1 aromatic rings. The van der Waals surface area contributed by atoms with Crippen LogP contribution in [0.3, 0.4) is 0 Å². The Hall–Kier alpha value is -1.06. The SMILES string of the molecule is Cc1ccc(OC2CNCC2O)cc1. The average molecular weight is 193 g/mol. The summed E-state index contributed by atoms with van der Waals surface area (Å²) in [6, 6.07) is 7.87. The third kappa shape index (κ3) is 2.05. The number of aryl methyl sites for hydroxylation is 1. The first-order chi connectivity index (χ1) is 6.75. The van der Waals surface area contributed by atoms with Crippen LogP contribution in [0.15, 0.2) is 24.3 Å². The highest BCUT2D eigenvalue weighted by atomic mass is 16.5. The molecule has 1 aliphatic heterocycles. The van der Waals surface area contributed by atoms with E-state index in [-0.39, 0.29) is 6.10 Å². The Morgan fingerprint density at radius 2 is 2.00 bits per heavy atom. The average Bonchev–Trinajstić information content (AvgIpc) is 2.56. The molecule has 2 N–H and O–H groups in total. The summed E-state index contributed by atoms with van der Waals surface area (Å²) < 4.78 is 5.63. The molecule has 2 atom stereocenters. The molecule has 14 heavy (non-hydrogen) atoms. The second-order valence-electron chi connectivity index (χ2n) is 3.69. The molecule has 0 amide bonds. The van der Waals surface area contributed by atoms with Gasteiger partial charge in [0.15, 0.2) is 0 Å². The van der Waals surface area contributed by atoms with Gasteiger partial charge in [-0.3, -0.25) is 0 Å². The maximum atomic E-state index is 9.52. The molecule has 1 heterocycles. The van der Waals surface area contributed by atoms with Crippen molar-refractivity contribution in [1.82, 2.24) is 5.32 Å². The number of hydrogen-bond donors (Lipinski definition) is 2. The summed E-state index contributed by atoms with van der Waals surface area (Å²) in [6.45, 7) is 3.38. The number of aliphatic hydroxyl groups excluding tert-OH is 1. The van der Waals surface area contributed by atoms with Gasteiger partial charge in [0.1, 0.15) is 18.0 Å². The molecule has 76 valence electrons. The number of ether oxygens (including phenoxy) is 1. The van der Waals surface area contributed by atoms with Gasteiger partial charge in [-0.1, -0.05) is 17.7 Å². The van der Waals surface area contributed by atoms with Gasteiger partial charge in [0.05, 0.1) is 0 Å². The minimum absolute atomic E-state index is 0.113. The molecule has 0 aromatic heterocycles. The van der Waals surface area contributed by atoms with Crippen molar-refractivity contribution in [2.24, 2.45) is 0 Å². The molecule has 1 saturated heterocycles. The predicted octanol–water partition coefficient (Wildman–Crippen LogP) is 0.707. The van der Waals surface area contributed by atoms with Gasteiger partial charge in [0, 0.05) is 13.1 Å². The Kier molecular flexibility index (Phi) is 2.70. The van der Waals surface area contributed by atoms with Crippen molar-refractivity contribution in [2.45, 2.75) is 19.1 Å². The summed E-state index contributed by atoms with van der Waals surface area (Å²) in [5.41, 5.74) is 1.21. The Morgan fingerprint density at radius 3 is 2.57 bits per heavy atom. The minimum atomic E-state index is -0.392. The minimum Gasteiger partial charge on any atom is -0.486 e. The highest BCUT2D eigenvalue weighted by Gasteiger charge is 2.26. The zero-order valence-electron chi connectivity index (χ0n) is 8.23. The van der Waals surface area contributed by atoms with E-state index in [1.165, 1.54) is 5.56 Å². The van der Waals surface area contributed by atoms with Crippen LogP contribution in [0, 0.1) is 6.92 Å². The predicted molar refractivity (Wildman–Crippen MR) is 54.5 cm³/mol. The van der Waals surface area contributed by atoms with E-state index in [0.29, 0.717) is 6.54 Å². The fourth-order valence-corrected chi connectivity index (χ4v) is 1.55. The number of aliphatic hydroxyl groups is 1. The van der Waals surface area contributed by atoms with Crippen molar-refractivity contribution in [3.63, 3.8) is 0 Å². The number of β-amino-alcohol motifs (C(OH)–C–C–N with tert-alkyl or cyclic N) is 1. The largest absolute Gasteiger partial charge is 0.486 e. The van der Waals surface area contributed by atoms with Gasteiger partial charge >= 0.3 is 0 Å². The monoisotopic (exact) mass is 193 g/mol. The lowest BCUT2D eigenvalue weighted by Crippen LogP contribution is -2.29. The van der Waals surface area contributed by atoms with Gasteiger partial charge in [-0.15, -0.1) is 0 Å². The van der Waals surface area contributed by atoms with Crippen molar-refractivity contribution in [3.05, 3.63) is 29.8 Å². The molecular formula is C11H15NO2. The summed E-state index contributed by atoms with van der Waals surface area (Å²) in [5, 5.41) is 12.6. The second-order valence-corrected chi connectivity index (χ2v) is 3.69.